The van der Waals surface area contributed by atoms with Crippen molar-refractivity contribution in [1.29, 1.82) is 0 Å². The first-order valence-corrected chi connectivity index (χ1v) is 8.97. The van der Waals surface area contributed by atoms with Gasteiger partial charge >= 0.3 is 5.63 Å². The lowest BCUT2D eigenvalue weighted by Gasteiger charge is -2.34. The smallest absolute Gasteiger partial charge is 0.339 e. The van der Waals surface area contributed by atoms with Crippen molar-refractivity contribution in [2.75, 3.05) is 13.1 Å². The Labute approximate surface area is 155 Å². The predicted molar refractivity (Wildman–Crippen MR) is 97.5 cm³/mol. The second-order valence-corrected chi connectivity index (χ2v) is 7.26. The van der Waals surface area contributed by atoms with Crippen LogP contribution in [0.15, 0.2) is 21.3 Å². The van der Waals surface area contributed by atoms with E-state index in [9.17, 15) is 18.4 Å². The standard InChI is InChI=1S/C20H23F2NO4/c1-11-8-15(17-12(2)13(3)19(25)27-16(17)9-11)26-14(4)18(24)23-7-5-6-20(21,22)10-23/h8-9,14H,5-7,10H2,1-4H3. The van der Waals surface area contributed by atoms with Gasteiger partial charge in [-0.2, -0.15) is 0 Å². The molecule has 7 heteroatoms. The number of hydrogen-bond acceptors (Lipinski definition) is 4. The lowest BCUT2D eigenvalue weighted by molar-refractivity contribution is -0.148. The molecule has 0 N–H and O–H groups in total. The Bertz CT molecular complexity index is 951. The van der Waals surface area contributed by atoms with Gasteiger partial charge in [-0.05, 0) is 57.4 Å². The number of rotatable bonds is 3. The number of piperidine rings is 1. The molecule has 1 atom stereocenters. The Kier molecular flexibility index (Phi) is 4.97. The Morgan fingerprint density at radius 2 is 1.96 bits per heavy atom. The highest BCUT2D eigenvalue weighted by molar-refractivity contribution is 5.89. The minimum Gasteiger partial charge on any atom is -0.480 e. The maximum atomic E-state index is 13.6. The van der Waals surface area contributed by atoms with Gasteiger partial charge in [0.1, 0.15) is 11.3 Å². The minimum atomic E-state index is -2.86. The lowest BCUT2D eigenvalue weighted by atomic mass is 10.0. The molecule has 146 valence electrons. The van der Waals surface area contributed by atoms with Crippen molar-refractivity contribution >= 4 is 16.9 Å². The van der Waals surface area contributed by atoms with Crippen LogP contribution < -0.4 is 10.4 Å². The van der Waals surface area contributed by atoms with E-state index in [4.69, 9.17) is 9.15 Å². The van der Waals surface area contributed by atoms with Gasteiger partial charge in [-0.3, -0.25) is 4.79 Å². The summed E-state index contributed by atoms with van der Waals surface area (Å²) in [5.74, 6) is -2.93. The zero-order valence-electron chi connectivity index (χ0n) is 15.9. The summed E-state index contributed by atoms with van der Waals surface area (Å²) < 4.78 is 38.5. The quantitative estimate of drug-likeness (QED) is 0.763. The zero-order valence-corrected chi connectivity index (χ0v) is 15.9. The maximum absolute atomic E-state index is 13.6. The fourth-order valence-corrected chi connectivity index (χ4v) is 3.43. The highest BCUT2D eigenvalue weighted by atomic mass is 19.3. The molecule has 0 aliphatic carbocycles. The summed E-state index contributed by atoms with van der Waals surface area (Å²) in [6.07, 6.45) is -0.871. The van der Waals surface area contributed by atoms with Gasteiger partial charge < -0.3 is 14.1 Å². The van der Waals surface area contributed by atoms with Crippen molar-refractivity contribution in [2.45, 2.75) is 52.6 Å². The molecule has 5 nitrogen and oxygen atoms in total. The number of hydrogen-bond donors (Lipinski definition) is 0. The summed E-state index contributed by atoms with van der Waals surface area (Å²) in [6, 6.07) is 3.48. The third-order valence-electron chi connectivity index (χ3n) is 5.01. The van der Waals surface area contributed by atoms with E-state index >= 15 is 0 Å². The molecule has 1 aliphatic rings. The van der Waals surface area contributed by atoms with E-state index in [0.29, 0.717) is 34.4 Å². The van der Waals surface area contributed by atoms with Crippen LogP contribution in [-0.4, -0.2) is 35.9 Å². The van der Waals surface area contributed by atoms with Gasteiger partial charge in [-0.1, -0.05) is 0 Å². The molecule has 1 amide bonds. The molecule has 1 aromatic carbocycles. The van der Waals surface area contributed by atoms with Gasteiger partial charge in [0.15, 0.2) is 6.10 Å². The SMILES string of the molecule is Cc1cc(OC(C)C(=O)N2CCCC(F)(F)C2)c2c(C)c(C)c(=O)oc2c1. The van der Waals surface area contributed by atoms with E-state index in [1.165, 1.54) is 0 Å². The molecule has 3 rings (SSSR count). The zero-order chi connectivity index (χ0) is 19.9. The molecular weight excluding hydrogens is 356 g/mol. The third kappa shape index (κ3) is 3.82. The number of ether oxygens (including phenoxy) is 1. The van der Waals surface area contributed by atoms with Crippen LogP contribution in [0.2, 0.25) is 0 Å². The molecule has 0 radical (unpaired) electrons. The number of fused-ring (bicyclic) bond motifs is 1. The number of likely N-dealkylation sites (tertiary alicyclic amines) is 1. The molecule has 1 saturated heterocycles. The highest BCUT2D eigenvalue weighted by Gasteiger charge is 2.38. The van der Waals surface area contributed by atoms with E-state index in [0.717, 1.165) is 10.5 Å². The first kappa shape index (κ1) is 19.3. The molecular formula is C20H23F2NO4. The van der Waals surface area contributed by atoms with Gasteiger partial charge in [-0.25, -0.2) is 13.6 Å². The minimum absolute atomic E-state index is 0.202. The van der Waals surface area contributed by atoms with Crippen LogP contribution in [0.25, 0.3) is 11.0 Å². The number of amides is 1. The second-order valence-electron chi connectivity index (χ2n) is 7.26. The molecule has 1 aromatic heterocycles. The average Bonchev–Trinajstić information content (AvgIpc) is 2.57. The van der Waals surface area contributed by atoms with Crippen molar-refractivity contribution in [1.82, 2.24) is 4.90 Å². The molecule has 2 aromatic rings. The van der Waals surface area contributed by atoms with Crippen LogP contribution in [0.3, 0.4) is 0 Å². The van der Waals surface area contributed by atoms with Gasteiger partial charge in [0, 0.05) is 18.5 Å². The monoisotopic (exact) mass is 379 g/mol. The summed E-state index contributed by atoms with van der Waals surface area (Å²) in [4.78, 5) is 25.7. The van der Waals surface area contributed by atoms with Crippen molar-refractivity contribution in [3.05, 3.63) is 39.2 Å². The van der Waals surface area contributed by atoms with E-state index in [1.54, 1.807) is 32.9 Å². The molecule has 0 saturated carbocycles. The van der Waals surface area contributed by atoms with Crippen LogP contribution in [0.5, 0.6) is 5.75 Å². The topological polar surface area (TPSA) is 59.8 Å². The van der Waals surface area contributed by atoms with Crippen molar-refractivity contribution in [3.8, 4) is 5.75 Å². The van der Waals surface area contributed by atoms with Crippen molar-refractivity contribution < 1.29 is 22.7 Å². The van der Waals surface area contributed by atoms with Gasteiger partial charge in [0.25, 0.3) is 11.8 Å². The van der Waals surface area contributed by atoms with Crippen molar-refractivity contribution in [2.24, 2.45) is 0 Å². The first-order chi connectivity index (χ1) is 12.6. The molecule has 2 heterocycles. The number of nitrogens with zero attached hydrogens (tertiary/aromatic N) is 1. The summed E-state index contributed by atoms with van der Waals surface area (Å²) in [6.45, 7) is 6.53. The van der Waals surface area contributed by atoms with Gasteiger partial charge in [0.2, 0.25) is 0 Å². The Morgan fingerprint density at radius 3 is 2.63 bits per heavy atom. The Hall–Kier alpha value is -2.44. The lowest BCUT2D eigenvalue weighted by Crippen LogP contribution is -2.49. The fraction of sp³-hybridized carbons (Fsp3) is 0.500. The highest BCUT2D eigenvalue weighted by Crippen LogP contribution is 2.32. The summed E-state index contributed by atoms with van der Waals surface area (Å²) in [5.41, 5.74) is 1.93. The van der Waals surface area contributed by atoms with Gasteiger partial charge in [0.05, 0.1) is 11.9 Å². The number of benzene rings is 1. The van der Waals surface area contributed by atoms with Crippen LogP contribution in [0.4, 0.5) is 8.78 Å². The average molecular weight is 379 g/mol. The van der Waals surface area contributed by atoms with Gasteiger partial charge in [-0.15, -0.1) is 0 Å². The van der Waals surface area contributed by atoms with Crippen molar-refractivity contribution in [3.63, 3.8) is 0 Å². The Balaban J connectivity index is 1.93. The normalized spacial score (nSPS) is 17.8. The second kappa shape index (κ2) is 6.94. The summed E-state index contributed by atoms with van der Waals surface area (Å²) >= 11 is 0. The fourth-order valence-electron chi connectivity index (χ4n) is 3.43. The number of alkyl halides is 2. The first-order valence-electron chi connectivity index (χ1n) is 8.97. The maximum Gasteiger partial charge on any atom is 0.339 e. The molecule has 0 bridgehead atoms. The number of halogens is 2. The number of carbonyl (C=O) groups excluding carboxylic acids is 1. The molecule has 0 spiro atoms. The molecule has 1 unspecified atom stereocenters. The summed E-state index contributed by atoms with van der Waals surface area (Å²) in [7, 11) is 0. The number of carbonyl (C=O) groups is 1. The van der Waals surface area contributed by atoms with Crippen LogP contribution in [0, 0.1) is 20.8 Å². The largest absolute Gasteiger partial charge is 0.480 e. The van der Waals surface area contributed by atoms with Crippen LogP contribution >= 0.6 is 0 Å². The summed E-state index contributed by atoms with van der Waals surface area (Å²) in [5, 5.41) is 0.612. The Morgan fingerprint density at radius 1 is 1.26 bits per heavy atom. The molecule has 1 aliphatic heterocycles. The predicted octanol–water partition coefficient (Wildman–Crippen LogP) is 3.74. The number of aryl methyl sites for hydroxylation is 2. The molecule has 27 heavy (non-hydrogen) atoms. The van der Waals surface area contributed by atoms with E-state index in [-0.39, 0.29) is 12.8 Å². The van der Waals surface area contributed by atoms with E-state index in [2.05, 4.69) is 0 Å². The van der Waals surface area contributed by atoms with Crippen LogP contribution in [0.1, 0.15) is 36.5 Å². The third-order valence-corrected chi connectivity index (χ3v) is 5.01. The molecule has 1 fully saturated rings. The van der Waals surface area contributed by atoms with E-state index < -0.39 is 30.1 Å². The van der Waals surface area contributed by atoms with Crippen LogP contribution in [-0.2, 0) is 4.79 Å². The van der Waals surface area contributed by atoms with E-state index in [1.807, 2.05) is 6.92 Å².